The first-order chi connectivity index (χ1) is 12.2. The van der Waals surface area contributed by atoms with E-state index in [2.05, 4.69) is 20.3 Å². The van der Waals surface area contributed by atoms with Crippen LogP contribution in [0.3, 0.4) is 0 Å². The highest BCUT2D eigenvalue weighted by Gasteiger charge is 2.44. The van der Waals surface area contributed by atoms with Gasteiger partial charge in [0.1, 0.15) is 11.0 Å². The maximum atomic E-state index is 13.0. The molecule has 1 unspecified atom stereocenters. The van der Waals surface area contributed by atoms with Gasteiger partial charge < -0.3 is 15.2 Å². The fraction of sp³-hybridized carbons (Fsp3) is 0.286. The Morgan fingerprint density at radius 2 is 2.12 bits per heavy atom. The lowest BCUT2D eigenvalue weighted by molar-refractivity contribution is -0.253. The van der Waals surface area contributed by atoms with E-state index in [4.69, 9.17) is 5.11 Å². The van der Waals surface area contributed by atoms with Gasteiger partial charge in [-0.2, -0.15) is 22.7 Å². The monoisotopic (exact) mass is 393 g/mol. The Morgan fingerprint density at radius 1 is 1.42 bits per heavy atom. The van der Waals surface area contributed by atoms with Crippen molar-refractivity contribution in [3.8, 4) is 5.75 Å². The zero-order chi connectivity index (χ0) is 19.3. The Labute approximate surface area is 148 Å². The van der Waals surface area contributed by atoms with Crippen molar-refractivity contribution in [2.45, 2.75) is 24.2 Å². The minimum Gasteiger partial charge on any atom is -0.481 e. The summed E-state index contributed by atoms with van der Waals surface area (Å²) in [6, 6.07) is 5.09. The molecule has 0 saturated carbocycles. The van der Waals surface area contributed by atoms with Gasteiger partial charge in [-0.15, -0.1) is 5.10 Å². The second kappa shape index (κ2) is 8.17. The molecule has 1 atom stereocenters. The van der Waals surface area contributed by atoms with E-state index in [9.17, 15) is 27.2 Å². The minimum atomic E-state index is -4.67. The number of carbonyl (C=O) groups is 2. The number of halogens is 4. The zero-order valence-electron chi connectivity index (χ0n) is 12.7. The molecule has 1 amide bonds. The molecule has 0 aliphatic carbocycles. The summed E-state index contributed by atoms with van der Waals surface area (Å²) in [7, 11) is 0. The van der Waals surface area contributed by atoms with E-state index in [1.165, 1.54) is 18.2 Å². The third-order valence-corrected chi connectivity index (χ3v) is 3.97. The number of carboxylic acids is 1. The molecule has 12 heteroatoms. The van der Waals surface area contributed by atoms with E-state index in [1.54, 1.807) is 0 Å². The molecule has 0 bridgehead atoms. The van der Waals surface area contributed by atoms with Gasteiger partial charge in [0.2, 0.25) is 5.91 Å². The van der Waals surface area contributed by atoms with E-state index in [1.807, 2.05) is 0 Å². The first-order valence-electron chi connectivity index (χ1n) is 6.93. The highest BCUT2D eigenvalue weighted by molar-refractivity contribution is 8.15. The van der Waals surface area contributed by atoms with Gasteiger partial charge in [0.05, 0.1) is 12.6 Å². The van der Waals surface area contributed by atoms with Gasteiger partial charge in [-0.25, -0.2) is 0 Å². The molecular weight excluding hydrogens is 382 g/mol. The van der Waals surface area contributed by atoms with Gasteiger partial charge in [0.25, 0.3) is 0 Å². The number of carbonyl (C=O) groups excluding carboxylic acids is 1. The number of alkyl halides is 4. The summed E-state index contributed by atoms with van der Waals surface area (Å²) in [6.45, 7) is 0. The standard InChI is InChI=1S/C14H11F4N3O4S/c15-12(16)14(17,18)25-8-4-2-1-3-7(8)6-19-21-13-20-11(24)9(26-13)5-10(22)23/h1-4,6,9,12H,5H2,(H,22,23)(H,20,21,24). The molecule has 0 aromatic heterocycles. The number of aliphatic carboxylic acids is 1. The second-order valence-electron chi connectivity index (χ2n) is 4.85. The van der Waals surface area contributed by atoms with Crippen LogP contribution >= 0.6 is 11.8 Å². The van der Waals surface area contributed by atoms with Crippen molar-refractivity contribution in [2.75, 3.05) is 0 Å². The molecular formula is C14H11F4N3O4S. The van der Waals surface area contributed by atoms with Crippen LogP contribution in [0.25, 0.3) is 0 Å². The molecule has 7 nitrogen and oxygen atoms in total. The van der Waals surface area contributed by atoms with Crippen LogP contribution in [0.1, 0.15) is 12.0 Å². The third-order valence-electron chi connectivity index (χ3n) is 2.90. The summed E-state index contributed by atoms with van der Waals surface area (Å²) in [5.41, 5.74) is -0.0476. The number of ether oxygens (including phenoxy) is 1. The first kappa shape index (κ1) is 19.7. The second-order valence-corrected chi connectivity index (χ2v) is 6.04. The molecule has 1 aromatic carbocycles. The largest absolute Gasteiger partial charge is 0.481 e. The van der Waals surface area contributed by atoms with Crippen LogP contribution in [0.2, 0.25) is 0 Å². The average molecular weight is 393 g/mol. The molecule has 1 fully saturated rings. The summed E-state index contributed by atoms with van der Waals surface area (Å²) in [6.07, 6.45) is -8.11. The minimum absolute atomic E-state index is 0.0220. The lowest BCUT2D eigenvalue weighted by Crippen LogP contribution is -2.33. The van der Waals surface area contributed by atoms with Crippen molar-refractivity contribution in [1.82, 2.24) is 5.32 Å². The van der Waals surface area contributed by atoms with Crippen molar-refractivity contribution in [3.05, 3.63) is 29.8 Å². The van der Waals surface area contributed by atoms with E-state index < -0.39 is 41.8 Å². The Bertz CT molecular complexity index is 757. The molecule has 1 heterocycles. The summed E-state index contributed by atoms with van der Waals surface area (Å²) in [4.78, 5) is 22.1. The zero-order valence-corrected chi connectivity index (χ0v) is 13.6. The van der Waals surface area contributed by atoms with Gasteiger partial charge in [0, 0.05) is 5.56 Å². The van der Waals surface area contributed by atoms with E-state index in [0.29, 0.717) is 0 Å². The van der Waals surface area contributed by atoms with E-state index in [-0.39, 0.29) is 10.7 Å². The first-order valence-corrected chi connectivity index (χ1v) is 7.81. The smallest absolute Gasteiger partial charge is 0.461 e. The quantitative estimate of drug-likeness (QED) is 0.421. The number of hydrogen-bond donors (Lipinski definition) is 2. The number of para-hydroxylation sites is 1. The molecule has 1 saturated heterocycles. The number of amides is 1. The predicted octanol–water partition coefficient (Wildman–Crippen LogP) is 2.32. The van der Waals surface area contributed by atoms with E-state index in [0.717, 1.165) is 24.0 Å². The number of nitrogens with zero attached hydrogens (tertiary/aromatic N) is 2. The van der Waals surface area contributed by atoms with Gasteiger partial charge in [0.15, 0.2) is 5.17 Å². The fourth-order valence-corrected chi connectivity index (χ4v) is 2.68. The number of rotatable bonds is 7. The summed E-state index contributed by atoms with van der Waals surface area (Å²) in [5.74, 6) is -2.24. The molecule has 1 aliphatic heterocycles. The topological polar surface area (TPSA) is 100 Å². The Hall–Kier alpha value is -2.63. The number of nitrogens with one attached hydrogen (secondary N) is 1. The van der Waals surface area contributed by atoms with Crippen molar-refractivity contribution in [2.24, 2.45) is 10.2 Å². The molecule has 0 radical (unpaired) electrons. The predicted molar refractivity (Wildman–Crippen MR) is 84.8 cm³/mol. The summed E-state index contributed by atoms with van der Waals surface area (Å²) in [5, 5.41) is 17.4. The third kappa shape index (κ3) is 5.18. The molecule has 140 valence electrons. The molecule has 2 N–H and O–H groups in total. The lowest BCUT2D eigenvalue weighted by atomic mass is 10.2. The van der Waals surface area contributed by atoms with Gasteiger partial charge in [-0.05, 0) is 12.1 Å². The van der Waals surface area contributed by atoms with Crippen LogP contribution in [0.5, 0.6) is 5.75 Å². The van der Waals surface area contributed by atoms with E-state index >= 15 is 0 Å². The van der Waals surface area contributed by atoms with Crippen molar-refractivity contribution in [1.29, 1.82) is 0 Å². The SMILES string of the molecule is O=C(O)CC1SC(=NN=Cc2ccccc2OC(F)(F)C(F)F)NC1=O. The average Bonchev–Trinajstić information content (AvgIpc) is 2.87. The summed E-state index contributed by atoms with van der Waals surface area (Å²) < 4.78 is 54.6. The number of hydrogen-bond acceptors (Lipinski definition) is 6. The van der Waals surface area contributed by atoms with Gasteiger partial charge >= 0.3 is 18.5 Å². The highest BCUT2D eigenvalue weighted by atomic mass is 32.2. The van der Waals surface area contributed by atoms with Crippen LogP contribution in [0, 0.1) is 0 Å². The van der Waals surface area contributed by atoms with Crippen LogP contribution < -0.4 is 10.1 Å². The number of amidine groups is 1. The molecule has 1 aliphatic rings. The number of carboxylic acid groups (broad SMARTS) is 1. The number of thioether (sulfide) groups is 1. The van der Waals surface area contributed by atoms with Crippen molar-refractivity contribution < 1.29 is 37.0 Å². The van der Waals surface area contributed by atoms with Crippen molar-refractivity contribution in [3.63, 3.8) is 0 Å². The molecule has 0 spiro atoms. The highest BCUT2D eigenvalue weighted by Crippen LogP contribution is 2.29. The Morgan fingerprint density at radius 3 is 2.77 bits per heavy atom. The molecule has 26 heavy (non-hydrogen) atoms. The maximum Gasteiger partial charge on any atom is 0.461 e. The fourth-order valence-electron chi connectivity index (χ4n) is 1.76. The number of benzene rings is 1. The van der Waals surface area contributed by atoms with Crippen LogP contribution in [0.4, 0.5) is 17.6 Å². The molecule has 2 rings (SSSR count). The summed E-state index contributed by atoms with van der Waals surface area (Å²) >= 11 is 0.845. The normalized spacial score (nSPS) is 19.3. The lowest BCUT2D eigenvalue weighted by Gasteiger charge is -2.17. The van der Waals surface area contributed by atoms with Crippen LogP contribution in [-0.2, 0) is 9.59 Å². The molecule has 1 aromatic rings. The van der Waals surface area contributed by atoms with Crippen LogP contribution in [0.15, 0.2) is 34.5 Å². The Balaban J connectivity index is 2.10. The Kier molecular flexibility index (Phi) is 6.18. The maximum absolute atomic E-state index is 13.0. The van der Waals surface area contributed by atoms with Gasteiger partial charge in [-0.1, -0.05) is 23.9 Å². The van der Waals surface area contributed by atoms with Crippen molar-refractivity contribution >= 4 is 35.0 Å². The van der Waals surface area contributed by atoms with Crippen LogP contribution in [-0.4, -0.2) is 46.1 Å². The van der Waals surface area contributed by atoms with Gasteiger partial charge in [-0.3, -0.25) is 9.59 Å².